The van der Waals surface area contributed by atoms with Gasteiger partial charge in [-0.1, -0.05) is 41.9 Å². The molecule has 3 aliphatic rings. The van der Waals surface area contributed by atoms with Crippen molar-refractivity contribution in [2.24, 2.45) is 5.92 Å². The molecule has 3 fully saturated rings. The normalized spacial score (nSPS) is 18.4. The van der Waals surface area contributed by atoms with Crippen LogP contribution in [-0.4, -0.2) is 112 Å². The van der Waals surface area contributed by atoms with Crippen LogP contribution in [0.5, 0.6) is 0 Å². The number of nitrogens with one attached hydrogen (secondary N) is 1. The average molecular weight is 1100 g/mol. The number of rotatable bonds is 18. The fraction of sp³-hybridized carbons (Fsp3) is 0.393. The molecule has 0 radical (unpaired) electrons. The Balaban J connectivity index is 0.909. The number of hydrogen-bond acceptors (Lipinski definition) is 12. The van der Waals surface area contributed by atoms with E-state index >= 15 is 8.96 Å². The van der Waals surface area contributed by atoms with Crippen LogP contribution in [0.25, 0.3) is 22.4 Å². The van der Waals surface area contributed by atoms with Gasteiger partial charge in [-0.2, -0.15) is 0 Å². The Morgan fingerprint density at radius 2 is 1.53 bits per heavy atom. The molecule has 2 atom stereocenters. The number of piperazine rings is 1. The Kier molecular flexibility index (Phi) is 17.0. The predicted molar refractivity (Wildman–Crippen MR) is 303 cm³/mol. The van der Waals surface area contributed by atoms with Gasteiger partial charge in [-0.15, -0.1) is 11.8 Å². The Morgan fingerprint density at radius 1 is 0.867 bits per heavy atom. The maximum atomic E-state index is 15.9. The summed E-state index contributed by atoms with van der Waals surface area (Å²) < 4.78 is 68.0. The highest BCUT2D eigenvalue weighted by Gasteiger charge is 2.39. The number of aliphatic hydroxyl groups excluding tert-OH is 1. The van der Waals surface area contributed by atoms with Crippen LogP contribution in [-0.2, 0) is 18.9 Å². The van der Waals surface area contributed by atoms with Gasteiger partial charge in [0.05, 0.1) is 27.4 Å². The molecule has 3 saturated heterocycles. The van der Waals surface area contributed by atoms with Gasteiger partial charge in [0.15, 0.2) is 9.84 Å². The number of piperidine rings is 1. The summed E-state index contributed by atoms with van der Waals surface area (Å²) in [5, 5.41) is 26.8. The van der Waals surface area contributed by atoms with E-state index in [1.54, 1.807) is 47.6 Å². The quantitative estimate of drug-likeness (QED) is 0.0364. The van der Waals surface area contributed by atoms with Crippen molar-refractivity contribution in [3.05, 3.63) is 142 Å². The van der Waals surface area contributed by atoms with Gasteiger partial charge in [0, 0.05) is 114 Å². The molecule has 75 heavy (non-hydrogen) atoms. The minimum Gasteiger partial charge on any atom is -0.396 e. The van der Waals surface area contributed by atoms with Crippen molar-refractivity contribution in [3.8, 4) is 22.4 Å². The summed E-state index contributed by atoms with van der Waals surface area (Å²) in [6.45, 7) is 11.7. The summed E-state index contributed by atoms with van der Waals surface area (Å²) in [6, 6.07) is 34.5. The lowest BCUT2D eigenvalue weighted by Crippen LogP contribution is -2.46. The number of hydrogen-bond donors (Lipinski definition) is 2. The largest absolute Gasteiger partial charge is 0.396 e. The molecule has 0 spiro atoms. The second-order valence-corrected chi connectivity index (χ2v) is 25.9. The third-order valence-corrected chi connectivity index (χ3v) is 19.8. The van der Waals surface area contributed by atoms with E-state index in [-0.39, 0.29) is 41.2 Å². The Hall–Kier alpha value is -5.39. The molecule has 19 heteroatoms. The number of aromatic nitrogens is 1. The number of likely N-dealkylation sites (tertiary alicyclic amines) is 1. The van der Waals surface area contributed by atoms with E-state index in [1.165, 1.54) is 24.5 Å². The van der Waals surface area contributed by atoms with E-state index in [0.29, 0.717) is 95.4 Å². The second-order valence-electron chi connectivity index (χ2n) is 20.1. The molecule has 1 aromatic heterocycles. The highest BCUT2D eigenvalue weighted by atomic mass is 35.5. The molecule has 3 aliphatic heterocycles. The van der Waals surface area contributed by atoms with E-state index in [9.17, 15) is 23.6 Å². The number of sulfone groups is 1. The topological polar surface area (TPSA) is 154 Å². The molecule has 398 valence electrons. The molecule has 0 bridgehead atoms. The third kappa shape index (κ3) is 12.3. The van der Waals surface area contributed by atoms with Gasteiger partial charge in [0.25, 0.3) is 5.69 Å². The standard InChI is InChI=1S/C56H66ClFN7O7PS2/c1-39(2)64-40(3)56(75(4,70)71)54(55(64)42-11-13-44(57)14-12-42)43-33-45(58)35-49(34-43)62-30-28-61(29-31-62)47-15-17-48(18-16-47)63-24-8-32-72-73(63,69)50-19-20-52(53(36-50)65(67)68)59-46(38-74-51-9-6-5-7-10-51)23-27-60-25-21-41(37-66)22-26-60/h5-7,9-20,33-36,39,41,46,59,66H,8,21-32,37-38H2,1-4H3/t46-,73-/m1/s1. The fourth-order valence-corrected chi connectivity index (χ4v) is 15.5. The summed E-state index contributed by atoms with van der Waals surface area (Å²) in [7, 11) is -7.55. The molecule has 5 aromatic carbocycles. The van der Waals surface area contributed by atoms with Gasteiger partial charge in [-0.25, -0.2) is 12.8 Å². The van der Waals surface area contributed by atoms with Gasteiger partial charge < -0.3 is 34.2 Å². The first-order chi connectivity index (χ1) is 36.0. The van der Waals surface area contributed by atoms with Crippen LogP contribution in [0, 0.1) is 28.8 Å². The van der Waals surface area contributed by atoms with Crippen molar-refractivity contribution in [2.45, 2.75) is 68.3 Å². The minimum atomic E-state index is -3.79. The lowest BCUT2D eigenvalue weighted by molar-refractivity contribution is -0.383. The van der Waals surface area contributed by atoms with E-state index in [4.69, 9.17) is 16.1 Å². The van der Waals surface area contributed by atoms with Crippen molar-refractivity contribution < 1.29 is 31.9 Å². The Bertz CT molecular complexity index is 3130. The number of benzene rings is 5. The van der Waals surface area contributed by atoms with Crippen LogP contribution in [0.4, 0.5) is 32.8 Å². The first-order valence-corrected chi connectivity index (χ1v) is 30.5. The lowest BCUT2D eigenvalue weighted by Gasteiger charge is -2.38. The highest BCUT2D eigenvalue weighted by molar-refractivity contribution is 7.99. The molecule has 0 unspecified atom stereocenters. The van der Waals surface area contributed by atoms with E-state index < -0.39 is 28.1 Å². The molecule has 9 rings (SSSR count). The molecule has 0 saturated carbocycles. The van der Waals surface area contributed by atoms with E-state index in [2.05, 4.69) is 32.1 Å². The van der Waals surface area contributed by atoms with E-state index in [1.807, 2.05) is 79.1 Å². The van der Waals surface area contributed by atoms with Gasteiger partial charge in [-0.3, -0.25) is 19.3 Å². The minimum absolute atomic E-state index is 0.0978. The summed E-state index contributed by atoms with van der Waals surface area (Å²) in [5.74, 6) is 0.542. The van der Waals surface area contributed by atoms with Crippen LogP contribution in [0.2, 0.25) is 5.02 Å². The first-order valence-electron chi connectivity index (χ1n) is 25.7. The molecule has 0 aliphatic carbocycles. The van der Waals surface area contributed by atoms with Crippen LogP contribution in [0.15, 0.2) is 125 Å². The SMILES string of the molecule is Cc1c(S(C)(=O)=O)c(-c2cc(F)cc(N3CCN(c4ccc(N5CCCO[P@]5(=O)c5ccc(N[C@H](CCN6CCC(CO)CC6)CSc6ccccc6)c([N+](=O)[O-])c5)cc4)CC3)c2)c(-c2ccc(Cl)cc2)n1C(C)C. The second kappa shape index (κ2) is 23.5. The van der Waals surface area contributed by atoms with Crippen LogP contribution in [0.3, 0.4) is 0 Å². The smallest absolute Gasteiger partial charge is 0.326 e. The molecule has 2 N–H and O–H groups in total. The van der Waals surface area contributed by atoms with Gasteiger partial charge >= 0.3 is 7.52 Å². The van der Waals surface area contributed by atoms with Gasteiger partial charge in [0.1, 0.15) is 11.5 Å². The first kappa shape index (κ1) is 54.4. The van der Waals surface area contributed by atoms with Gasteiger partial charge in [-0.05, 0) is 155 Å². The van der Waals surface area contributed by atoms with Crippen molar-refractivity contribution >= 4 is 74.5 Å². The molecule has 0 amide bonds. The number of aliphatic hydroxyl groups is 1. The zero-order chi connectivity index (χ0) is 53.0. The number of nitrogens with zero attached hydrogens (tertiary/aromatic N) is 6. The number of anilines is 4. The highest BCUT2D eigenvalue weighted by Crippen LogP contribution is 2.55. The van der Waals surface area contributed by atoms with Crippen molar-refractivity contribution in [1.82, 2.24) is 9.47 Å². The van der Waals surface area contributed by atoms with Crippen LogP contribution < -0.4 is 25.1 Å². The van der Waals surface area contributed by atoms with Crippen molar-refractivity contribution in [3.63, 3.8) is 0 Å². The van der Waals surface area contributed by atoms with Gasteiger partial charge in [0.2, 0.25) is 0 Å². The molecular formula is C56H66ClFN7O7PS2. The number of halogens is 2. The van der Waals surface area contributed by atoms with E-state index in [0.717, 1.165) is 55.0 Å². The zero-order valence-electron chi connectivity index (χ0n) is 42.9. The van der Waals surface area contributed by atoms with Crippen molar-refractivity contribution in [1.29, 1.82) is 0 Å². The maximum Gasteiger partial charge on any atom is 0.326 e. The Morgan fingerprint density at radius 3 is 2.17 bits per heavy atom. The lowest BCUT2D eigenvalue weighted by atomic mass is 9.97. The number of nitro groups is 1. The molecule has 6 aromatic rings. The number of nitro benzene ring substituents is 1. The Labute approximate surface area is 449 Å². The summed E-state index contributed by atoms with van der Waals surface area (Å²) in [5.41, 5.74) is 5.42. The molecular weight excluding hydrogens is 1030 g/mol. The summed E-state index contributed by atoms with van der Waals surface area (Å²) in [6.07, 6.45) is 4.48. The monoisotopic (exact) mass is 1100 g/mol. The van der Waals surface area contributed by atoms with Crippen molar-refractivity contribution in [2.75, 3.05) is 97.4 Å². The molecule has 4 heterocycles. The predicted octanol–water partition coefficient (Wildman–Crippen LogP) is 11.6. The fourth-order valence-electron chi connectivity index (χ4n) is 10.8. The average Bonchev–Trinajstić information content (AvgIpc) is 3.74. The third-order valence-electron chi connectivity index (χ3n) is 14.6. The zero-order valence-corrected chi connectivity index (χ0v) is 46.2. The summed E-state index contributed by atoms with van der Waals surface area (Å²) in [4.78, 5) is 20.4. The number of thioether (sulfide) groups is 1. The van der Waals surface area contributed by atoms with Crippen LogP contribution in [0.1, 0.15) is 51.3 Å². The molecule has 14 nitrogen and oxygen atoms in total. The van der Waals surface area contributed by atoms with Crippen LogP contribution >= 0.6 is 30.9 Å². The maximum absolute atomic E-state index is 15.9. The summed E-state index contributed by atoms with van der Waals surface area (Å²) >= 11 is 7.98.